The van der Waals surface area contributed by atoms with Crippen LogP contribution in [0.4, 0.5) is 4.79 Å². The molecule has 0 saturated carbocycles. The van der Waals surface area contributed by atoms with Gasteiger partial charge in [-0.25, -0.2) is 4.79 Å². The molecule has 1 amide bonds. The Hall–Kier alpha value is -2.49. The second-order valence-electron chi connectivity index (χ2n) is 6.45. The lowest BCUT2D eigenvalue weighted by Crippen LogP contribution is -2.42. The van der Waals surface area contributed by atoms with Crippen LogP contribution in [0.15, 0.2) is 54.6 Å². The van der Waals surface area contributed by atoms with Gasteiger partial charge in [-0.3, -0.25) is 0 Å². The van der Waals surface area contributed by atoms with Gasteiger partial charge in [0.15, 0.2) is 0 Å². The van der Waals surface area contributed by atoms with Gasteiger partial charge in [0.05, 0.1) is 0 Å². The molecule has 4 heteroatoms. The van der Waals surface area contributed by atoms with E-state index in [1.54, 1.807) is 17.0 Å². The molecule has 1 aliphatic rings. The molecule has 2 aromatic rings. The summed E-state index contributed by atoms with van der Waals surface area (Å²) in [5, 5.41) is 9.45. The zero-order valence-corrected chi connectivity index (χ0v) is 13.9. The van der Waals surface area contributed by atoms with Gasteiger partial charge in [-0.1, -0.05) is 49.4 Å². The largest absolute Gasteiger partial charge is 0.508 e. The topological polar surface area (TPSA) is 49.8 Å². The molecule has 0 bridgehead atoms. The Bertz CT molecular complexity index is 669. The molecule has 24 heavy (non-hydrogen) atoms. The summed E-state index contributed by atoms with van der Waals surface area (Å²) < 4.78 is 5.45. The van der Waals surface area contributed by atoms with Gasteiger partial charge in [0.25, 0.3) is 0 Å². The molecule has 2 aromatic carbocycles. The van der Waals surface area contributed by atoms with Gasteiger partial charge in [-0.2, -0.15) is 0 Å². The Balaban J connectivity index is 1.62. The van der Waals surface area contributed by atoms with Crippen LogP contribution in [0.1, 0.15) is 30.4 Å². The van der Waals surface area contributed by atoms with Crippen molar-refractivity contribution in [3.8, 4) is 5.75 Å². The molecule has 1 heterocycles. The first-order chi connectivity index (χ1) is 11.6. The fourth-order valence-electron chi connectivity index (χ4n) is 3.20. The summed E-state index contributed by atoms with van der Waals surface area (Å²) in [5.41, 5.74) is 2.15. The molecule has 0 radical (unpaired) electrons. The smallest absolute Gasteiger partial charge is 0.410 e. The molecule has 1 aliphatic heterocycles. The van der Waals surface area contributed by atoms with E-state index in [9.17, 15) is 9.90 Å². The number of carbonyl (C=O) groups is 1. The van der Waals surface area contributed by atoms with Crippen LogP contribution < -0.4 is 0 Å². The highest BCUT2D eigenvalue weighted by Gasteiger charge is 2.30. The predicted octanol–water partition coefficient (Wildman–Crippen LogP) is 4.15. The fraction of sp³-hybridized carbons (Fsp3) is 0.350. The number of amides is 1. The van der Waals surface area contributed by atoms with Crippen molar-refractivity contribution in [2.45, 2.75) is 25.9 Å². The summed E-state index contributed by atoms with van der Waals surface area (Å²) in [6.45, 7) is 3.89. The lowest BCUT2D eigenvalue weighted by atomic mass is 9.82. The standard InChI is InChI=1S/C20H23NO3/c1-15-11-12-21(13-19(15)17-7-9-18(22)10-8-17)20(23)24-14-16-5-3-2-4-6-16/h2-10,15,19,22H,11-14H2,1H3/t15-,19+/m1/s1. The van der Waals surface area contributed by atoms with Crippen molar-refractivity contribution in [2.24, 2.45) is 5.92 Å². The number of rotatable bonds is 3. The van der Waals surface area contributed by atoms with Crippen LogP contribution in [0, 0.1) is 5.92 Å². The lowest BCUT2D eigenvalue weighted by Gasteiger charge is -2.36. The van der Waals surface area contributed by atoms with E-state index >= 15 is 0 Å². The molecule has 1 N–H and O–H groups in total. The maximum atomic E-state index is 12.4. The van der Waals surface area contributed by atoms with Crippen LogP contribution in [0.5, 0.6) is 5.75 Å². The lowest BCUT2D eigenvalue weighted by molar-refractivity contribution is 0.0781. The molecule has 1 fully saturated rings. The van der Waals surface area contributed by atoms with E-state index in [0.29, 0.717) is 19.1 Å². The predicted molar refractivity (Wildman–Crippen MR) is 92.8 cm³/mol. The van der Waals surface area contributed by atoms with E-state index in [1.165, 1.54) is 0 Å². The van der Waals surface area contributed by atoms with E-state index in [1.807, 2.05) is 42.5 Å². The van der Waals surface area contributed by atoms with Gasteiger partial charge in [0.1, 0.15) is 12.4 Å². The van der Waals surface area contributed by atoms with E-state index in [-0.39, 0.29) is 17.8 Å². The number of likely N-dealkylation sites (tertiary alicyclic amines) is 1. The Morgan fingerprint density at radius 1 is 1.17 bits per heavy atom. The minimum Gasteiger partial charge on any atom is -0.508 e. The highest BCUT2D eigenvalue weighted by atomic mass is 16.6. The minimum absolute atomic E-state index is 0.255. The van der Waals surface area contributed by atoms with Crippen LogP contribution in [-0.4, -0.2) is 29.2 Å². The second kappa shape index (κ2) is 7.39. The molecule has 126 valence electrons. The summed E-state index contributed by atoms with van der Waals surface area (Å²) in [7, 11) is 0. The summed E-state index contributed by atoms with van der Waals surface area (Å²) in [5.74, 6) is 1.03. The quantitative estimate of drug-likeness (QED) is 0.922. The Morgan fingerprint density at radius 2 is 1.88 bits per heavy atom. The molecule has 0 aromatic heterocycles. The van der Waals surface area contributed by atoms with Gasteiger partial charge in [-0.15, -0.1) is 0 Å². The van der Waals surface area contributed by atoms with E-state index < -0.39 is 0 Å². The van der Waals surface area contributed by atoms with Crippen molar-refractivity contribution in [1.82, 2.24) is 4.90 Å². The van der Waals surface area contributed by atoms with Gasteiger partial charge >= 0.3 is 6.09 Å². The van der Waals surface area contributed by atoms with Crippen molar-refractivity contribution in [1.29, 1.82) is 0 Å². The number of ether oxygens (including phenoxy) is 1. The minimum atomic E-state index is -0.255. The number of phenolic OH excluding ortho intramolecular Hbond substituents is 1. The van der Waals surface area contributed by atoms with Crippen LogP contribution >= 0.6 is 0 Å². The van der Waals surface area contributed by atoms with Crippen LogP contribution in [0.2, 0.25) is 0 Å². The van der Waals surface area contributed by atoms with Crippen molar-refractivity contribution < 1.29 is 14.6 Å². The summed E-state index contributed by atoms with van der Waals surface area (Å²) in [6.07, 6.45) is 0.695. The Kier molecular flexibility index (Phi) is 5.04. The van der Waals surface area contributed by atoms with Crippen molar-refractivity contribution >= 4 is 6.09 Å². The summed E-state index contributed by atoms with van der Waals surface area (Å²) in [6, 6.07) is 17.0. The molecular formula is C20H23NO3. The molecule has 4 nitrogen and oxygen atoms in total. The highest BCUT2D eigenvalue weighted by molar-refractivity contribution is 5.68. The number of aromatic hydroxyl groups is 1. The number of carbonyl (C=O) groups excluding carboxylic acids is 1. The molecule has 0 unspecified atom stereocenters. The van der Waals surface area contributed by atoms with Crippen LogP contribution in [-0.2, 0) is 11.3 Å². The second-order valence-corrected chi connectivity index (χ2v) is 6.45. The third kappa shape index (κ3) is 3.88. The normalized spacial score (nSPS) is 20.6. The van der Waals surface area contributed by atoms with Gasteiger partial charge in [-0.05, 0) is 35.6 Å². The van der Waals surface area contributed by atoms with E-state index in [2.05, 4.69) is 6.92 Å². The number of piperidine rings is 1. The number of nitrogens with zero attached hydrogens (tertiary/aromatic N) is 1. The van der Waals surface area contributed by atoms with Crippen LogP contribution in [0.25, 0.3) is 0 Å². The fourth-order valence-corrected chi connectivity index (χ4v) is 3.20. The molecule has 1 saturated heterocycles. The van der Waals surface area contributed by atoms with Crippen molar-refractivity contribution in [3.63, 3.8) is 0 Å². The zero-order valence-electron chi connectivity index (χ0n) is 13.9. The molecule has 2 atom stereocenters. The maximum absolute atomic E-state index is 12.4. The Labute approximate surface area is 142 Å². The average Bonchev–Trinajstić information content (AvgIpc) is 2.62. The van der Waals surface area contributed by atoms with Crippen LogP contribution in [0.3, 0.4) is 0 Å². The van der Waals surface area contributed by atoms with Crippen molar-refractivity contribution in [3.05, 3.63) is 65.7 Å². The van der Waals surface area contributed by atoms with Gasteiger partial charge in [0.2, 0.25) is 0 Å². The first-order valence-corrected chi connectivity index (χ1v) is 8.38. The Morgan fingerprint density at radius 3 is 2.58 bits per heavy atom. The SMILES string of the molecule is C[C@@H]1CCN(C(=O)OCc2ccccc2)C[C@@H]1c1ccc(O)cc1. The first kappa shape index (κ1) is 16.4. The van der Waals surface area contributed by atoms with Gasteiger partial charge < -0.3 is 14.7 Å². The first-order valence-electron chi connectivity index (χ1n) is 8.38. The monoisotopic (exact) mass is 325 g/mol. The molecular weight excluding hydrogens is 302 g/mol. The number of hydrogen-bond donors (Lipinski definition) is 1. The third-order valence-corrected chi connectivity index (χ3v) is 4.74. The molecule has 0 spiro atoms. The van der Waals surface area contributed by atoms with Gasteiger partial charge in [0, 0.05) is 19.0 Å². The third-order valence-electron chi connectivity index (χ3n) is 4.74. The number of hydrogen-bond acceptors (Lipinski definition) is 3. The van der Waals surface area contributed by atoms with E-state index in [0.717, 1.165) is 24.1 Å². The molecule has 0 aliphatic carbocycles. The number of phenols is 1. The van der Waals surface area contributed by atoms with Crippen molar-refractivity contribution in [2.75, 3.05) is 13.1 Å². The number of benzene rings is 2. The molecule has 3 rings (SSSR count). The summed E-state index contributed by atoms with van der Waals surface area (Å²) in [4.78, 5) is 14.2. The average molecular weight is 325 g/mol. The zero-order chi connectivity index (χ0) is 16.9. The maximum Gasteiger partial charge on any atom is 0.410 e. The summed E-state index contributed by atoms with van der Waals surface area (Å²) >= 11 is 0. The highest BCUT2D eigenvalue weighted by Crippen LogP contribution is 2.33. The van der Waals surface area contributed by atoms with E-state index in [4.69, 9.17) is 4.74 Å².